The second kappa shape index (κ2) is 5.48. The molecule has 1 aromatic rings. The predicted octanol–water partition coefficient (Wildman–Crippen LogP) is 1.99. The van der Waals surface area contributed by atoms with Gasteiger partial charge < -0.3 is 19.6 Å². The molecule has 1 aliphatic rings. The minimum absolute atomic E-state index is 0.0929. The smallest absolute Gasteiger partial charge is 0.129 e. The number of furan rings is 1. The Morgan fingerprint density at radius 3 is 3.06 bits per heavy atom. The van der Waals surface area contributed by atoms with Gasteiger partial charge in [-0.2, -0.15) is 0 Å². The molecule has 0 aliphatic carbocycles. The van der Waals surface area contributed by atoms with Gasteiger partial charge in [0, 0.05) is 13.7 Å². The van der Waals surface area contributed by atoms with Gasteiger partial charge in [-0.1, -0.05) is 0 Å². The zero-order valence-corrected chi connectivity index (χ0v) is 9.65. The summed E-state index contributed by atoms with van der Waals surface area (Å²) in [6.45, 7) is 1.29. The monoisotopic (exact) mass is 225 g/mol. The molecular formula is C12H19NO3. The van der Waals surface area contributed by atoms with Gasteiger partial charge in [-0.15, -0.1) is 0 Å². The summed E-state index contributed by atoms with van der Waals surface area (Å²) in [5.41, 5.74) is 6.12. The largest absolute Gasteiger partial charge is 0.462 e. The Bertz CT molecular complexity index is 318. The number of hydrogen-bond acceptors (Lipinski definition) is 4. The number of ether oxygens (including phenoxy) is 2. The lowest BCUT2D eigenvalue weighted by Crippen LogP contribution is -2.31. The van der Waals surface area contributed by atoms with Crippen LogP contribution >= 0.6 is 0 Å². The maximum absolute atomic E-state index is 6.12. The molecule has 1 aliphatic heterocycles. The van der Waals surface area contributed by atoms with Gasteiger partial charge in [0.2, 0.25) is 0 Å². The van der Waals surface area contributed by atoms with Crippen LogP contribution in [0.2, 0.25) is 0 Å². The van der Waals surface area contributed by atoms with Crippen LogP contribution in [0.1, 0.15) is 36.8 Å². The molecule has 16 heavy (non-hydrogen) atoms. The average Bonchev–Trinajstić information content (AvgIpc) is 2.78. The summed E-state index contributed by atoms with van der Waals surface area (Å²) in [6.07, 6.45) is 3.43. The fraction of sp³-hybridized carbons (Fsp3) is 0.667. The molecule has 2 atom stereocenters. The summed E-state index contributed by atoms with van der Waals surface area (Å²) in [6, 6.07) is 3.66. The summed E-state index contributed by atoms with van der Waals surface area (Å²) in [7, 11) is 1.65. The third kappa shape index (κ3) is 2.64. The van der Waals surface area contributed by atoms with Crippen molar-refractivity contribution in [1.29, 1.82) is 0 Å². The molecule has 1 aromatic heterocycles. The lowest BCUT2D eigenvalue weighted by molar-refractivity contribution is -0.00438. The first kappa shape index (κ1) is 11.6. The van der Waals surface area contributed by atoms with Gasteiger partial charge in [0.1, 0.15) is 18.1 Å². The van der Waals surface area contributed by atoms with Gasteiger partial charge in [-0.25, -0.2) is 0 Å². The first-order chi connectivity index (χ1) is 7.81. The highest BCUT2D eigenvalue weighted by molar-refractivity contribution is 5.11. The molecule has 0 aromatic carbocycles. The summed E-state index contributed by atoms with van der Waals surface area (Å²) in [5, 5.41) is 0. The normalized spacial score (nSPS) is 23.2. The molecule has 0 spiro atoms. The van der Waals surface area contributed by atoms with Crippen LogP contribution in [0.5, 0.6) is 0 Å². The van der Waals surface area contributed by atoms with E-state index in [2.05, 4.69) is 0 Å². The number of rotatable bonds is 4. The van der Waals surface area contributed by atoms with Gasteiger partial charge in [0.05, 0.1) is 12.1 Å². The van der Waals surface area contributed by atoms with E-state index >= 15 is 0 Å². The first-order valence-corrected chi connectivity index (χ1v) is 5.76. The minimum atomic E-state index is -0.161. The van der Waals surface area contributed by atoms with E-state index in [1.54, 1.807) is 7.11 Å². The van der Waals surface area contributed by atoms with Crippen LogP contribution < -0.4 is 5.73 Å². The SMILES string of the molecule is COCc1ccc(C(N)C2CCCCO2)o1. The summed E-state index contributed by atoms with van der Waals surface area (Å²) < 4.78 is 16.3. The molecule has 0 bridgehead atoms. The lowest BCUT2D eigenvalue weighted by atomic mass is 10.0. The lowest BCUT2D eigenvalue weighted by Gasteiger charge is -2.26. The van der Waals surface area contributed by atoms with Crippen LogP contribution in [-0.4, -0.2) is 19.8 Å². The summed E-state index contributed by atoms with van der Waals surface area (Å²) in [5.74, 6) is 1.60. The van der Waals surface area contributed by atoms with E-state index in [0.717, 1.165) is 31.0 Å². The topological polar surface area (TPSA) is 57.6 Å². The summed E-state index contributed by atoms with van der Waals surface area (Å²) in [4.78, 5) is 0. The highest BCUT2D eigenvalue weighted by atomic mass is 16.5. The van der Waals surface area contributed by atoms with Crippen molar-refractivity contribution < 1.29 is 13.9 Å². The first-order valence-electron chi connectivity index (χ1n) is 5.76. The van der Waals surface area contributed by atoms with Crippen LogP contribution in [0.3, 0.4) is 0 Å². The zero-order chi connectivity index (χ0) is 11.4. The Morgan fingerprint density at radius 2 is 2.38 bits per heavy atom. The fourth-order valence-corrected chi connectivity index (χ4v) is 2.03. The molecule has 2 rings (SSSR count). The van der Waals surface area contributed by atoms with Gasteiger partial charge in [-0.05, 0) is 31.4 Å². The number of methoxy groups -OCH3 is 1. The minimum Gasteiger partial charge on any atom is -0.462 e. The highest BCUT2D eigenvalue weighted by Crippen LogP contribution is 2.25. The fourth-order valence-electron chi connectivity index (χ4n) is 2.03. The Balaban J connectivity index is 1.98. The number of hydrogen-bond donors (Lipinski definition) is 1. The van der Waals surface area contributed by atoms with Crippen LogP contribution in [0.4, 0.5) is 0 Å². The van der Waals surface area contributed by atoms with E-state index in [1.165, 1.54) is 6.42 Å². The van der Waals surface area contributed by atoms with E-state index in [1.807, 2.05) is 12.1 Å². The van der Waals surface area contributed by atoms with Gasteiger partial charge >= 0.3 is 0 Å². The third-order valence-corrected chi connectivity index (χ3v) is 2.91. The summed E-state index contributed by atoms with van der Waals surface area (Å²) >= 11 is 0. The second-order valence-electron chi connectivity index (χ2n) is 4.17. The van der Waals surface area contributed by atoms with Gasteiger partial charge in [0.25, 0.3) is 0 Å². The van der Waals surface area contributed by atoms with E-state index in [9.17, 15) is 0 Å². The Labute approximate surface area is 95.7 Å². The quantitative estimate of drug-likeness (QED) is 0.851. The Hall–Kier alpha value is -0.840. The van der Waals surface area contributed by atoms with Crippen LogP contribution in [0.25, 0.3) is 0 Å². The highest BCUT2D eigenvalue weighted by Gasteiger charge is 2.25. The van der Waals surface area contributed by atoms with Crippen molar-refractivity contribution in [2.24, 2.45) is 5.73 Å². The van der Waals surface area contributed by atoms with Gasteiger partial charge in [0.15, 0.2) is 0 Å². The molecule has 1 saturated heterocycles. The molecule has 0 radical (unpaired) electrons. The van der Waals surface area contributed by atoms with Gasteiger partial charge in [-0.3, -0.25) is 0 Å². The molecule has 2 heterocycles. The predicted molar refractivity (Wildman–Crippen MR) is 59.9 cm³/mol. The second-order valence-corrected chi connectivity index (χ2v) is 4.17. The zero-order valence-electron chi connectivity index (χ0n) is 9.65. The maximum Gasteiger partial charge on any atom is 0.129 e. The molecule has 0 saturated carbocycles. The average molecular weight is 225 g/mol. The maximum atomic E-state index is 6.12. The van der Waals surface area contributed by atoms with Crippen molar-refractivity contribution in [1.82, 2.24) is 0 Å². The third-order valence-electron chi connectivity index (χ3n) is 2.91. The standard InChI is InChI=1S/C12H19NO3/c1-14-8-9-5-6-11(16-9)12(13)10-4-2-3-7-15-10/h5-6,10,12H,2-4,7-8,13H2,1H3. The molecule has 4 nitrogen and oxygen atoms in total. The van der Waals surface area contributed by atoms with Crippen LogP contribution in [0, 0.1) is 0 Å². The molecule has 0 amide bonds. The molecule has 2 unspecified atom stereocenters. The van der Waals surface area contributed by atoms with Crippen molar-refractivity contribution in [3.05, 3.63) is 23.7 Å². The van der Waals surface area contributed by atoms with Crippen molar-refractivity contribution in [3.63, 3.8) is 0 Å². The van der Waals surface area contributed by atoms with E-state index in [-0.39, 0.29) is 12.1 Å². The van der Waals surface area contributed by atoms with Crippen LogP contribution in [0.15, 0.2) is 16.5 Å². The number of nitrogens with two attached hydrogens (primary N) is 1. The van der Waals surface area contributed by atoms with Crippen molar-refractivity contribution in [2.75, 3.05) is 13.7 Å². The van der Waals surface area contributed by atoms with E-state index in [4.69, 9.17) is 19.6 Å². The Kier molecular flexibility index (Phi) is 3.98. The molecule has 90 valence electrons. The Morgan fingerprint density at radius 1 is 1.50 bits per heavy atom. The van der Waals surface area contributed by atoms with Crippen molar-refractivity contribution >= 4 is 0 Å². The molecular weight excluding hydrogens is 206 g/mol. The van der Waals surface area contributed by atoms with E-state index < -0.39 is 0 Å². The molecule has 2 N–H and O–H groups in total. The van der Waals surface area contributed by atoms with Crippen molar-refractivity contribution in [3.8, 4) is 0 Å². The van der Waals surface area contributed by atoms with Crippen molar-refractivity contribution in [2.45, 2.75) is 38.0 Å². The molecule has 4 heteroatoms. The molecule has 1 fully saturated rings. The van der Waals surface area contributed by atoms with E-state index in [0.29, 0.717) is 6.61 Å². The van der Waals surface area contributed by atoms with Crippen LogP contribution in [-0.2, 0) is 16.1 Å².